The Kier molecular flexibility index (Phi) is 3.49. The fraction of sp³-hybridized carbons (Fsp3) is 0.0714. The Labute approximate surface area is 131 Å². The van der Waals surface area contributed by atoms with Crippen LogP contribution in [0.2, 0.25) is 0 Å². The van der Waals surface area contributed by atoms with Gasteiger partial charge in [-0.3, -0.25) is 4.98 Å². The number of halogens is 2. The van der Waals surface area contributed by atoms with Crippen molar-refractivity contribution in [1.82, 2.24) is 4.98 Å². The van der Waals surface area contributed by atoms with Crippen LogP contribution in [0.4, 0.5) is 0 Å². The number of H-pyrrole nitrogens is 1. The third-order valence-electron chi connectivity index (χ3n) is 2.90. The normalized spacial score (nSPS) is 12.7. The summed E-state index contributed by atoms with van der Waals surface area (Å²) in [6.07, 6.45) is 0. The van der Waals surface area contributed by atoms with Gasteiger partial charge in [-0.05, 0) is 58.0 Å². The molecule has 1 unspecified atom stereocenters. The molecular weight excluding hydrogens is 421 g/mol. The van der Waals surface area contributed by atoms with Gasteiger partial charge in [-0.15, -0.1) is 0 Å². The van der Waals surface area contributed by atoms with E-state index in [0.717, 1.165) is 16.6 Å². The minimum absolute atomic E-state index is 0.0779. The Morgan fingerprint density at radius 2 is 1.79 bits per heavy atom. The predicted octanol–water partition coefficient (Wildman–Crippen LogP) is 4.21. The van der Waals surface area contributed by atoms with Crippen molar-refractivity contribution in [3.05, 3.63) is 67.7 Å². The number of fused-ring (bicyclic) bond motifs is 1. The second kappa shape index (κ2) is 5.13. The van der Waals surface area contributed by atoms with E-state index in [-0.39, 0.29) is 4.83 Å². The maximum atomic E-state index is 11.1. The lowest BCUT2D eigenvalue weighted by Crippen LogP contribution is -1.93. The first kappa shape index (κ1) is 12.9. The molecule has 0 fully saturated rings. The summed E-state index contributed by atoms with van der Waals surface area (Å²) >= 11 is 5.96. The number of benzene rings is 2. The maximum Gasteiger partial charge on any atom is 0.417 e. The zero-order valence-electron chi connectivity index (χ0n) is 9.69. The van der Waals surface area contributed by atoms with E-state index in [4.69, 9.17) is 4.42 Å². The average Bonchev–Trinajstić information content (AvgIpc) is 2.77. The second-order valence-electron chi connectivity index (χ2n) is 4.18. The lowest BCUT2D eigenvalue weighted by molar-refractivity contribution is 0.555. The minimum Gasteiger partial charge on any atom is -0.408 e. The largest absolute Gasteiger partial charge is 0.417 e. The van der Waals surface area contributed by atoms with Crippen molar-refractivity contribution < 1.29 is 4.42 Å². The van der Waals surface area contributed by atoms with Crippen molar-refractivity contribution in [2.75, 3.05) is 0 Å². The smallest absolute Gasteiger partial charge is 0.408 e. The van der Waals surface area contributed by atoms with Crippen LogP contribution in [-0.4, -0.2) is 4.98 Å². The van der Waals surface area contributed by atoms with Crippen molar-refractivity contribution in [2.24, 2.45) is 0 Å². The number of hydrogen-bond acceptors (Lipinski definition) is 2. The lowest BCUT2D eigenvalue weighted by atomic mass is 10.0. The van der Waals surface area contributed by atoms with E-state index in [1.807, 2.05) is 18.2 Å². The fourth-order valence-electron chi connectivity index (χ4n) is 1.94. The first-order valence-corrected chi connectivity index (χ1v) is 7.65. The summed E-state index contributed by atoms with van der Waals surface area (Å²) in [5.41, 5.74) is 3.52. The van der Waals surface area contributed by atoms with E-state index in [1.54, 1.807) is 0 Å². The van der Waals surface area contributed by atoms with Crippen LogP contribution in [0.15, 0.2) is 51.7 Å². The van der Waals surface area contributed by atoms with Crippen molar-refractivity contribution in [3.8, 4) is 0 Å². The van der Waals surface area contributed by atoms with Gasteiger partial charge in [-0.2, -0.15) is 0 Å². The van der Waals surface area contributed by atoms with Gasteiger partial charge in [-0.25, -0.2) is 4.79 Å². The molecule has 1 heterocycles. The molecule has 96 valence electrons. The van der Waals surface area contributed by atoms with Gasteiger partial charge in [0.05, 0.1) is 10.3 Å². The molecular formula is C14H9BrINO2. The number of aromatic nitrogens is 1. The van der Waals surface area contributed by atoms with Crippen LogP contribution in [0.1, 0.15) is 16.0 Å². The summed E-state index contributed by atoms with van der Waals surface area (Å²) in [5.74, 6) is -0.424. The van der Waals surface area contributed by atoms with Gasteiger partial charge in [0.1, 0.15) is 0 Å². The van der Waals surface area contributed by atoms with Crippen molar-refractivity contribution in [2.45, 2.75) is 4.83 Å². The molecule has 0 radical (unpaired) electrons. The van der Waals surface area contributed by atoms with Crippen LogP contribution >= 0.6 is 38.5 Å². The number of alkyl halides is 1. The summed E-state index contributed by atoms with van der Waals surface area (Å²) in [6, 6.07) is 14.0. The van der Waals surface area contributed by atoms with E-state index in [2.05, 4.69) is 67.8 Å². The Morgan fingerprint density at radius 1 is 1.11 bits per heavy atom. The number of nitrogens with one attached hydrogen (secondary N) is 1. The minimum atomic E-state index is -0.424. The Bertz CT molecular complexity index is 776. The molecule has 19 heavy (non-hydrogen) atoms. The molecule has 0 spiro atoms. The van der Waals surface area contributed by atoms with Crippen molar-refractivity contribution in [3.63, 3.8) is 0 Å². The Balaban J connectivity index is 2.03. The molecule has 0 aliphatic heterocycles. The predicted molar refractivity (Wildman–Crippen MR) is 86.8 cm³/mol. The van der Waals surface area contributed by atoms with E-state index >= 15 is 0 Å². The zero-order chi connectivity index (χ0) is 13.4. The topological polar surface area (TPSA) is 46.0 Å². The van der Waals surface area contributed by atoms with Crippen LogP contribution in [0.25, 0.3) is 11.1 Å². The monoisotopic (exact) mass is 429 g/mol. The van der Waals surface area contributed by atoms with Gasteiger partial charge >= 0.3 is 5.76 Å². The molecule has 2 aromatic carbocycles. The van der Waals surface area contributed by atoms with Gasteiger partial charge in [-0.1, -0.05) is 34.1 Å². The van der Waals surface area contributed by atoms with Gasteiger partial charge in [0.15, 0.2) is 5.58 Å². The highest BCUT2D eigenvalue weighted by molar-refractivity contribution is 14.1. The van der Waals surface area contributed by atoms with Crippen LogP contribution in [-0.2, 0) is 0 Å². The molecule has 0 bridgehead atoms. The molecule has 1 atom stereocenters. The van der Waals surface area contributed by atoms with Crippen molar-refractivity contribution in [1.29, 1.82) is 0 Å². The summed E-state index contributed by atoms with van der Waals surface area (Å²) in [6.45, 7) is 0. The van der Waals surface area contributed by atoms with Crippen molar-refractivity contribution >= 4 is 49.6 Å². The molecule has 3 nitrogen and oxygen atoms in total. The standard InChI is InChI=1S/C14H9BrINO2/c15-13(8-1-4-10(16)5-2-8)9-3-6-11-12(7-9)19-14(18)17-11/h1-7,13H,(H,17,18). The zero-order valence-corrected chi connectivity index (χ0v) is 13.4. The van der Waals surface area contributed by atoms with Gasteiger partial charge in [0.2, 0.25) is 0 Å². The molecule has 1 N–H and O–H groups in total. The fourth-order valence-corrected chi connectivity index (χ4v) is 2.89. The highest BCUT2D eigenvalue weighted by atomic mass is 127. The Morgan fingerprint density at radius 3 is 2.53 bits per heavy atom. The Hall–Kier alpha value is -1.08. The molecule has 0 amide bonds. The van der Waals surface area contributed by atoms with Crippen LogP contribution in [0.3, 0.4) is 0 Å². The summed E-state index contributed by atoms with van der Waals surface area (Å²) in [5, 5.41) is 0. The summed E-state index contributed by atoms with van der Waals surface area (Å²) in [7, 11) is 0. The highest BCUT2D eigenvalue weighted by Gasteiger charge is 2.12. The summed E-state index contributed by atoms with van der Waals surface area (Å²) < 4.78 is 6.28. The van der Waals surface area contributed by atoms with Crippen LogP contribution < -0.4 is 5.76 Å². The number of rotatable bonds is 2. The molecule has 0 aliphatic carbocycles. The maximum absolute atomic E-state index is 11.1. The first-order valence-electron chi connectivity index (χ1n) is 5.66. The summed E-state index contributed by atoms with van der Waals surface area (Å²) in [4.78, 5) is 13.9. The number of oxazole rings is 1. The highest BCUT2D eigenvalue weighted by Crippen LogP contribution is 2.32. The van der Waals surface area contributed by atoms with E-state index in [0.29, 0.717) is 5.58 Å². The molecule has 0 saturated heterocycles. The third-order valence-corrected chi connectivity index (χ3v) is 4.68. The van der Waals surface area contributed by atoms with Crippen LogP contribution in [0, 0.1) is 3.57 Å². The first-order chi connectivity index (χ1) is 9.13. The van der Waals surface area contributed by atoms with Crippen LogP contribution in [0.5, 0.6) is 0 Å². The third kappa shape index (κ3) is 2.62. The molecule has 3 rings (SSSR count). The average molecular weight is 430 g/mol. The molecule has 0 aliphatic rings. The number of aromatic amines is 1. The molecule has 5 heteroatoms. The molecule has 0 saturated carbocycles. The lowest BCUT2D eigenvalue weighted by Gasteiger charge is -2.10. The number of hydrogen-bond donors (Lipinski definition) is 1. The quantitative estimate of drug-likeness (QED) is 0.490. The second-order valence-corrected chi connectivity index (χ2v) is 6.35. The van der Waals surface area contributed by atoms with Gasteiger partial charge in [0, 0.05) is 3.57 Å². The SMILES string of the molecule is O=c1[nH]c2ccc(C(Br)c3ccc(I)cc3)cc2o1. The molecule has 3 aromatic rings. The van der Waals surface area contributed by atoms with E-state index < -0.39 is 5.76 Å². The molecule has 1 aromatic heterocycles. The van der Waals surface area contributed by atoms with Gasteiger partial charge in [0.25, 0.3) is 0 Å². The van der Waals surface area contributed by atoms with Gasteiger partial charge < -0.3 is 4.42 Å². The van der Waals surface area contributed by atoms with E-state index in [1.165, 1.54) is 3.57 Å². The van der Waals surface area contributed by atoms with E-state index in [9.17, 15) is 4.79 Å².